The van der Waals surface area contributed by atoms with E-state index in [1.165, 1.54) is 6.07 Å². The van der Waals surface area contributed by atoms with Gasteiger partial charge in [-0.05, 0) is 19.9 Å². The van der Waals surface area contributed by atoms with E-state index in [0.717, 1.165) is 6.20 Å². The van der Waals surface area contributed by atoms with Crippen molar-refractivity contribution in [3.8, 4) is 11.1 Å². The van der Waals surface area contributed by atoms with E-state index in [4.69, 9.17) is 5.14 Å². The zero-order chi connectivity index (χ0) is 15.2. The van der Waals surface area contributed by atoms with Gasteiger partial charge in [0.05, 0.1) is 17.4 Å². The molecule has 2 aromatic rings. The Labute approximate surface area is 144 Å². The molecule has 0 aliphatic heterocycles. The number of nitrogens with two attached hydrogens (primary N) is 1. The fourth-order valence-corrected chi connectivity index (χ4v) is 2.85. The van der Waals surface area contributed by atoms with Gasteiger partial charge in [0.2, 0.25) is 0 Å². The van der Waals surface area contributed by atoms with Crippen LogP contribution in [0.1, 0.15) is 21.9 Å². The molecule has 0 fully saturated rings. The molecule has 0 bridgehead atoms. The van der Waals surface area contributed by atoms with Gasteiger partial charge in [0, 0.05) is 30.1 Å². The van der Waals surface area contributed by atoms with Crippen LogP contribution in [0.25, 0.3) is 11.1 Å². The maximum Gasteiger partial charge on any atom is 1.00 e. The molecule has 0 unspecified atom stereocenters. The maximum atomic E-state index is 11.4. The largest absolute Gasteiger partial charge is 1.00 e. The second-order valence-electron chi connectivity index (χ2n) is 4.38. The number of rotatable bonds is 3. The summed E-state index contributed by atoms with van der Waals surface area (Å²) in [6, 6.07) is 1.37. The molecule has 0 atom stereocenters. The first-order valence-electron chi connectivity index (χ1n) is 5.61. The van der Waals surface area contributed by atoms with Gasteiger partial charge in [0.25, 0.3) is 0 Å². The molecule has 0 aromatic carbocycles. The average molecular weight is 320 g/mol. The summed E-state index contributed by atoms with van der Waals surface area (Å²) in [5.41, 5.74) is 1.54. The van der Waals surface area contributed by atoms with E-state index < -0.39 is 21.9 Å². The quantitative estimate of drug-likeness (QED) is 0.576. The Morgan fingerprint density at radius 1 is 1.38 bits per heavy atom. The second kappa shape index (κ2) is 5.93. The Balaban J connectivity index is 0.00000220. The number of hydrogen-bond acceptors (Lipinski definition) is 5. The van der Waals surface area contributed by atoms with Gasteiger partial charge < -0.3 is 9.90 Å². The van der Waals surface area contributed by atoms with Gasteiger partial charge in [-0.3, -0.25) is 4.68 Å². The van der Waals surface area contributed by atoms with Crippen LogP contribution >= 0.6 is 0 Å². The summed E-state index contributed by atoms with van der Waals surface area (Å²) in [5, 5.41) is 20.4. The first kappa shape index (κ1) is 17.9. The predicted octanol–water partition coefficient (Wildman–Crippen LogP) is -4.08. The molecule has 2 N–H and O–H groups in total. The van der Waals surface area contributed by atoms with Crippen molar-refractivity contribution in [1.82, 2.24) is 13.8 Å². The maximum absolute atomic E-state index is 11.4. The normalized spacial score (nSPS) is 11.2. The molecule has 0 spiro atoms. The molecular formula is C11H13N4NaO4S. The molecule has 0 saturated heterocycles. The minimum atomic E-state index is -4.22. The number of carbonyl (C=O) groups is 1. The van der Waals surface area contributed by atoms with Crippen LogP contribution in [0.15, 0.2) is 12.3 Å². The van der Waals surface area contributed by atoms with Gasteiger partial charge >= 0.3 is 39.8 Å². The van der Waals surface area contributed by atoms with Gasteiger partial charge in [0.1, 0.15) is 0 Å². The molecule has 10 heteroatoms. The van der Waals surface area contributed by atoms with Crippen molar-refractivity contribution in [2.45, 2.75) is 13.8 Å². The van der Waals surface area contributed by atoms with Crippen LogP contribution in [0.4, 0.5) is 0 Å². The van der Waals surface area contributed by atoms with E-state index in [-0.39, 0.29) is 35.1 Å². The van der Waals surface area contributed by atoms with E-state index >= 15 is 0 Å². The second-order valence-corrected chi connectivity index (χ2v) is 5.80. The molecular weight excluding hydrogens is 307 g/mol. The first-order chi connectivity index (χ1) is 9.14. The average Bonchev–Trinajstić information content (AvgIpc) is 2.81. The van der Waals surface area contributed by atoms with E-state index in [2.05, 4.69) is 5.10 Å². The van der Waals surface area contributed by atoms with Crippen molar-refractivity contribution in [3.63, 3.8) is 0 Å². The molecule has 2 aromatic heterocycles. The zero-order valence-electron chi connectivity index (χ0n) is 12.1. The van der Waals surface area contributed by atoms with E-state index in [9.17, 15) is 18.3 Å². The zero-order valence-corrected chi connectivity index (χ0v) is 14.9. The summed E-state index contributed by atoms with van der Waals surface area (Å²) >= 11 is 0. The van der Waals surface area contributed by atoms with Crippen LogP contribution < -0.4 is 39.8 Å². The van der Waals surface area contributed by atoms with Crippen LogP contribution in [0.2, 0.25) is 0 Å². The Hall–Kier alpha value is -1.13. The number of carbonyl (C=O) groups excluding carboxylic acids is 1. The van der Waals surface area contributed by atoms with Crippen molar-refractivity contribution >= 4 is 16.2 Å². The summed E-state index contributed by atoms with van der Waals surface area (Å²) in [7, 11) is -2.51. The van der Waals surface area contributed by atoms with Gasteiger partial charge in [-0.25, -0.2) is 9.11 Å². The molecule has 0 aliphatic carbocycles. The molecule has 0 saturated carbocycles. The minimum Gasteiger partial charge on any atom is -0.543 e. The fourth-order valence-electron chi connectivity index (χ4n) is 2.19. The Morgan fingerprint density at radius 2 is 1.95 bits per heavy atom. The van der Waals surface area contributed by atoms with Crippen LogP contribution in [-0.2, 0) is 17.3 Å². The number of carboxylic acids is 1. The standard InChI is InChI=1S/C11H14N4O4S.Na/c1-6-9(7(2)14(3)13-6)8-4-5-15(20(12,18)19)10(8)11(16)17;/h4-5H,1-3H3,(H,16,17)(H2,12,18,19);/q;+1/p-1. The summed E-state index contributed by atoms with van der Waals surface area (Å²) < 4.78 is 24.9. The van der Waals surface area contributed by atoms with Gasteiger partial charge in [-0.1, -0.05) is 0 Å². The van der Waals surface area contributed by atoms with E-state index in [0.29, 0.717) is 20.9 Å². The van der Waals surface area contributed by atoms with Crippen LogP contribution in [-0.4, -0.2) is 28.1 Å². The Morgan fingerprint density at radius 3 is 2.33 bits per heavy atom. The molecule has 21 heavy (non-hydrogen) atoms. The van der Waals surface area contributed by atoms with Crippen molar-refractivity contribution in [2.75, 3.05) is 0 Å². The summed E-state index contributed by atoms with van der Waals surface area (Å²) in [6.45, 7) is 3.46. The Kier molecular flexibility index (Phi) is 5.06. The predicted molar refractivity (Wildman–Crippen MR) is 68.9 cm³/mol. The van der Waals surface area contributed by atoms with Gasteiger partial charge in [0.15, 0.2) is 0 Å². The SMILES string of the molecule is Cc1nn(C)c(C)c1-c1ccn(S(N)(=O)=O)c1C(=O)[O-].[Na+]. The van der Waals surface area contributed by atoms with Crippen molar-refractivity contribution < 1.29 is 47.9 Å². The van der Waals surface area contributed by atoms with Crippen molar-refractivity contribution in [1.29, 1.82) is 0 Å². The smallest absolute Gasteiger partial charge is 0.543 e. The van der Waals surface area contributed by atoms with Crippen LogP contribution in [0.5, 0.6) is 0 Å². The Bertz CT molecular complexity index is 807. The molecule has 0 radical (unpaired) electrons. The molecule has 0 amide bonds. The molecule has 0 aliphatic rings. The summed E-state index contributed by atoms with van der Waals surface area (Å²) in [6.07, 6.45) is 1.08. The third-order valence-corrected chi connectivity index (χ3v) is 3.95. The third kappa shape index (κ3) is 3.06. The third-order valence-electron chi connectivity index (χ3n) is 3.10. The monoisotopic (exact) mass is 320 g/mol. The first-order valence-corrected chi connectivity index (χ1v) is 7.11. The van der Waals surface area contributed by atoms with E-state index in [1.54, 1.807) is 25.6 Å². The van der Waals surface area contributed by atoms with Gasteiger partial charge in [-0.2, -0.15) is 13.5 Å². The number of aromatic carboxylic acids is 1. The van der Waals surface area contributed by atoms with Crippen molar-refractivity contribution in [3.05, 3.63) is 29.3 Å². The molecule has 8 nitrogen and oxygen atoms in total. The van der Waals surface area contributed by atoms with Gasteiger partial charge in [-0.15, -0.1) is 0 Å². The minimum absolute atomic E-state index is 0. The number of aryl methyl sites for hydroxylation is 2. The number of hydrogen-bond donors (Lipinski definition) is 1. The summed E-state index contributed by atoms with van der Waals surface area (Å²) in [4.78, 5) is 11.3. The molecule has 108 valence electrons. The summed E-state index contributed by atoms with van der Waals surface area (Å²) in [5.74, 6) is -1.62. The topological polar surface area (TPSA) is 123 Å². The van der Waals surface area contributed by atoms with Crippen LogP contribution in [0, 0.1) is 13.8 Å². The number of aromatic nitrogens is 3. The molecule has 2 heterocycles. The molecule has 2 rings (SSSR count). The van der Waals surface area contributed by atoms with E-state index in [1.807, 2.05) is 0 Å². The fraction of sp³-hybridized carbons (Fsp3) is 0.273. The van der Waals surface area contributed by atoms with Crippen molar-refractivity contribution in [2.24, 2.45) is 12.2 Å². The number of carboxylic acid groups (broad SMARTS) is 1. The number of nitrogens with zero attached hydrogens (tertiary/aromatic N) is 3. The van der Waals surface area contributed by atoms with Crippen LogP contribution in [0.3, 0.4) is 0 Å².